The molecule has 1 fully saturated rings. The first-order valence-electron chi connectivity index (χ1n) is 8.12. The van der Waals surface area contributed by atoms with E-state index in [2.05, 4.69) is 15.3 Å². The van der Waals surface area contributed by atoms with Gasteiger partial charge in [-0.2, -0.15) is 0 Å². The third kappa shape index (κ3) is 4.00. The molecule has 1 N–H and O–H groups in total. The fraction of sp³-hybridized carbons (Fsp3) is 0.333. The van der Waals surface area contributed by atoms with Crippen LogP contribution in [0.3, 0.4) is 0 Å². The fourth-order valence-corrected chi connectivity index (χ4v) is 2.64. The fourth-order valence-electron chi connectivity index (χ4n) is 2.64. The van der Waals surface area contributed by atoms with Gasteiger partial charge in [0.1, 0.15) is 12.0 Å². The van der Waals surface area contributed by atoms with Gasteiger partial charge in [0.05, 0.1) is 13.2 Å². The molecule has 2 amide bonds. The number of ether oxygens (including phenoxy) is 1. The van der Waals surface area contributed by atoms with Crippen LogP contribution in [-0.4, -0.2) is 53.0 Å². The second kappa shape index (κ2) is 7.40. The van der Waals surface area contributed by atoms with Gasteiger partial charge in [-0.15, -0.1) is 0 Å². The Morgan fingerprint density at radius 2 is 1.88 bits per heavy atom. The van der Waals surface area contributed by atoms with Crippen LogP contribution in [0.4, 0.5) is 5.69 Å². The Hall–Kier alpha value is -2.80. The second-order valence-electron chi connectivity index (χ2n) is 5.93. The summed E-state index contributed by atoms with van der Waals surface area (Å²) in [5.74, 6) is -0.381. The molecule has 1 aromatic heterocycles. The maximum absolute atomic E-state index is 12.7. The molecule has 1 aliphatic rings. The summed E-state index contributed by atoms with van der Waals surface area (Å²) in [6, 6.07) is 6.92. The van der Waals surface area contributed by atoms with Crippen molar-refractivity contribution in [3.8, 4) is 0 Å². The third-order valence-corrected chi connectivity index (χ3v) is 4.06. The van der Waals surface area contributed by atoms with Crippen LogP contribution in [0.1, 0.15) is 32.1 Å². The average molecular weight is 340 g/mol. The van der Waals surface area contributed by atoms with Gasteiger partial charge in [0.25, 0.3) is 11.8 Å². The predicted molar refractivity (Wildman–Crippen MR) is 92.6 cm³/mol. The molecule has 3 rings (SSSR count). The van der Waals surface area contributed by atoms with Crippen molar-refractivity contribution in [2.75, 3.05) is 31.6 Å². The Balaban J connectivity index is 1.79. The zero-order chi connectivity index (χ0) is 17.8. The lowest BCUT2D eigenvalue weighted by Gasteiger charge is -2.27. The average Bonchev–Trinajstić information content (AvgIpc) is 2.63. The molecule has 2 heterocycles. The lowest BCUT2D eigenvalue weighted by Crippen LogP contribution is -2.41. The number of nitrogens with zero attached hydrogens (tertiary/aromatic N) is 3. The number of hydrogen-bond donors (Lipinski definition) is 1. The number of aromatic nitrogens is 2. The second-order valence-corrected chi connectivity index (χ2v) is 5.93. The summed E-state index contributed by atoms with van der Waals surface area (Å²) in [6.45, 7) is 5.93. The van der Waals surface area contributed by atoms with E-state index in [4.69, 9.17) is 4.74 Å². The van der Waals surface area contributed by atoms with Crippen LogP contribution in [0.25, 0.3) is 0 Å². The molecule has 25 heavy (non-hydrogen) atoms. The maximum atomic E-state index is 12.7. The lowest BCUT2D eigenvalue weighted by atomic mass is 10.1. The predicted octanol–water partition coefficient (Wildman–Crippen LogP) is 1.82. The van der Waals surface area contributed by atoms with Crippen LogP contribution < -0.4 is 5.32 Å². The molecule has 0 radical (unpaired) electrons. The third-order valence-electron chi connectivity index (χ3n) is 4.06. The Labute approximate surface area is 146 Å². The van der Waals surface area contributed by atoms with Gasteiger partial charge in [0, 0.05) is 30.0 Å². The van der Waals surface area contributed by atoms with Gasteiger partial charge in [0.2, 0.25) is 0 Å². The van der Waals surface area contributed by atoms with Crippen molar-refractivity contribution in [3.63, 3.8) is 0 Å². The molecule has 1 aliphatic heterocycles. The highest BCUT2D eigenvalue weighted by Crippen LogP contribution is 2.18. The molecule has 0 bridgehead atoms. The van der Waals surface area contributed by atoms with Crippen molar-refractivity contribution < 1.29 is 14.3 Å². The van der Waals surface area contributed by atoms with Crippen LogP contribution in [0.2, 0.25) is 0 Å². The summed E-state index contributed by atoms with van der Waals surface area (Å²) in [4.78, 5) is 34.8. The highest BCUT2D eigenvalue weighted by molar-refractivity contribution is 6.04. The van der Waals surface area contributed by atoms with E-state index in [-0.39, 0.29) is 17.5 Å². The molecule has 0 saturated carbocycles. The number of anilines is 1. The molecule has 0 unspecified atom stereocenters. The minimum absolute atomic E-state index is 0.0465. The molecule has 0 spiro atoms. The van der Waals surface area contributed by atoms with E-state index in [1.54, 1.807) is 30.0 Å². The quantitative estimate of drug-likeness (QED) is 0.921. The van der Waals surface area contributed by atoms with Gasteiger partial charge in [-0.3, -0.25) is 9.59 Å². The van der Waals surface area contributed by atoms with Gasteiger partial charge in [0.15, 0.2) is 0 Å². The summed E-state index contributed by atoms with van der Waals surface area (Å²) in [7, 11) is 0. The standard InChI is InChI=1S/C18H20N4O3/c1-12-3-4-14(21-17(23)16-9-13(2)19-11-20-16)10-15(12)18(24)22-5-7-25-8-6-22/h3-4,9-11H,5-8H2,1-2H3,(H,21,23). The number of hydrogen-bond acceptors (Lipinski definition) is 5. The normalized spacial score (nSPS) is 14.2. The van der Waals surface area contributed by atoms with Crippen molar-refractivity contribution in [1.29, 1.82) is 0 Å². The van der Waals surface area contributed by atoms with Gasteiger partial charge < -0.3 is 15.0 Å². The number of rotatable bonds is 3. The zero-order valence-electron chi connectivity index (χ0n) is 14.3. The Morgan fingerprint density at radius 1 is 1.12 bits per heavy atom. The summed E-state index contributed by atoms with van der Waals surface area (Å²) < 4.78 is 5.29. The summed E-state index contributed by atoms with van der Waals surface area (Å²) >= 11 is 0. The van der Waals surface area contributed by atoms with Crippen molar-refractivity contribution in [2.45, 2.75) is 13.8 Å². The topological polar surface area (TPSA) is 84.4 Å². The first-order chi connectivity index (χ1) is 12.0. The Bertz CT molecular complexity index is 801. The van der Waals surface area contributed by atoms with Crippen LogP contribution in [-0.2, 0) is 4.74 Å². The minimum Gasteiger partial charge on any atom is -0.378 e. The van der Waals surface area contributed by atoms with Crippen LogP contribution in [0.15, 0.2) is 30.6 Å². The number of amides is 2. The Kier molecular flexibility index (Phi) is 5.04. The van der Waals surface area contributed by atoms with Crippen LogP contribution in [0.5, 0.6) is 0 Å². The van der Waals surface area contributed by atoms with Gasteiger partial charge in [-0.25, -0.2) is 9.97 Å². The highest BCUT2D eigenvalue weighted by Gasteiger charge is 2.20. The summed E-state index contributed by atoms with van der Waals surface area (Å²) in [5.41, 5.74) is 3.01. The zero-order valence-corrected chi connectivity index (χ0v) is 14.3. The van der Waals surface area contributed by atoms with Crippen LogP contribution in [0, 0.1) is 13.8 Å². The number of morpholine rings is 1. The minimum atomic E-state index is -0.334. The van der Waals surface area contributed by atoms with Crippen molar-refractivity contribution >= 4 is 17.5 Å². The SMILES string of the molecule is Cc1cc(C(=O)Nc2ccc(C)c(C(=O)N3CCOCC3)c2)ncn1. The van der Waals surface area contributed by atoms with Crippen molar-refractivity contribution in [1.82, 2.24) is 14.9 Å². The van der Waals surface area contributed by atoms with E-state index in [0.29, 0.717) is 43.2 Å². The molecule has 130 valence electrons. The Morgan fingerprint density at radius 3 is 2.60 bits per heavy atom. The van der Waals surface area contributed by atoms with Crippen LogP contribution >= 0.6 is 0 Å². The molecule has 7 nitrogen and oxygen atoms in total. The molecule has 0 aliphatic carbocycles. The van der Waals surface area contributed by atoms with Gasteiger partial charge in [-0.05, 0) is 37.6 Å². The first kappa shape index (κ1) is 17.0. The number of benzene rings is 1. The first-order valence-corrected chi connectivity index (χ1v) is 8.12. The number of nitrogens with one attached hydrogen (secondary N) is 1. The molecule has 1 aromatic carbocycles. The maximum Gasteiger partial charge on any atom is 0.274 e. The number of aryl methyl sites for hydroxylation is 2. The lowest BCUT2D eigenvalue weighted by molar-refractivity contribution is 0.0302. The van der Waals surface area contributed by atoms with E-state index < -0.39 is 0 Å². The number of carbonyl (C=O) groups excluding carboxylic acids is 2. The smallest absolute Gasteiger partial charge is 0.274 e. The summed E-state index contributed by atoms with van der Waals surface area (Å²) in [6.07, 6.45) is 1.35. The highest BCUT2D eigenvalue weighted by atomic mass is 16.5. The van der Waals surface area contributed by atoms with Gasteiger partial charge >= 0.3 is 0 Å². The monoisotopic (exact) mass is 340 g/mol. The molecule has 0 atom stereocenters. The van der Waals surface area contributed by atoms with E-state index in [1.807, 2.05) is 13.0 Å². The van der Waals surface area contributed by atoms with E-state index in [9.17, 15) is 9.59 Å². The largest absolute Gasteiger partial charge is 0.378 e. The number of carbonyl (C=O) groups is 2. The van der Waals surface area contributed by atoms with Crippen molar-refractivity contribution in [2.24, 2.45) is 0 Å². The van der Waals surface area contributed by atoms with E-state index in [0.717, 1.165) is 5.56 Å². The van der Waals surface area contributed by atoms with E-state index in [1.165, 1.54) is 6.33 Å². The molecule has 2 aromatic rings. The molecule has 7 heteroatoms. The van der Waals surface area contributed by atoms with Crippen molar-refractivity contribution in [3.05, 3.63) is 53.1 Å². The summed E-state index contributed by atoms with van der Waals surface area (Å²) in [5, 5.41) is 2.79. The molecule has 1 saturated heterocycles. The molecular formula is C18H20N4O3. The van der Waals surface area contributed by atoms with Gasteiger partial charge in [-0.1, -0.05) is 6.07 Å². The van der Waals surface area contributed by atoms with E-state index >= 15 is 0 Å². The molecular weight excluding hydrogens is 320 g/mol.